The van der Waals surface area contributed by atoms with Gasteiger partial charge in [-0.15, -0.1) is 0 Å². The van der Waals surface area contributed by atoms with Crippen molar-refractivity contribution in [3.05, 3.63) is 0 Å². The van der Waals surface area contributed by atoms with Crippen LogP contribution in [0.15, 0.2) is 0 Å². The molecule has 6 nitrogen and oxygen atoms in total. The van der Waals surface area contributed by atoms with Crippen LogP contribution < -0.4 is 0 Å². The Bertz CT molecular complexity index is 176. The van der Waals surface area contributed by atoms with E-state index in [-0.39, 0.29) is 36.0 Å². The van der Waals surface area contributed by atoms with Crippen LogP contribution in [-0.2, 0) is 15.2 Å². The monoisotopic (exact) mass is 196 g/mol. The predicted molar refractivity (Wildman–Crippen MR) is 39.3 cm³/mol. The number of carboxylic acids is 1. The Labute approximate surface area is 86.5 Å². The quantitative estimate of drug-likeness (QED) is 0.373. The van der Waals surface area contributed by atoms with Gasteiger partial charge in [0.2, 0.25) is 0 Å². The van der Waals surface area contributed by atoms with E-state index in [4.69, 9.17) is 22.6 Å². The van der Waals surface area contributed by atoms with Gasteiger partial charge in [-0.2, -0.15) is 8.42 Å². The van der Waals surface area contributed by atoms with Crippen molar-refractivity contribution in [1.82, 2.24) is 0 Å². The van der Waals surface area contributed by atoms with E-state index in [2.05, 4.69) is 0 Å². The molecule has 0 aliphatic heterocycles. The minimum atomic E-state index is -4.67. The first kappa shape index (κ1) is 17.4. The zero-order valence-electron chi connectivity index (χ0n) is 5.18. The van der Waals surface area contributed by atoms with Crippen LogP contribution in [0.2, 0.25) is 0 Å². The molecule has 0 amide bonds. The SMILES string of the molecule is CCC(=O)O.O=S(=O)(O)O.[NaH]. The molecule has 11 heavy (non-hydrogen) atoms. The Morgan fingerprint density at radius 2 is 1.45 bits per heavy atom. The molecular weight excluding hydrogens is 187 g/mol. The van der Waals surface area contributed by atoms with Crippen LogP contribution in [0.25, 0.3) is 0 Å². The average molecular weight is 196 g/mol. The van der Waals surface area contributed by atoms with Crippen LogP contribution in [0.3, 0.4) is 0 Å². The van der Waals surface area contributed by atoms with Crippen LogP contribution in [0, 0.1) is 0 Å². The van der Waals surface area contributed by atoms with Gasteiger partial charge in [0.1, 0.15) is 0 Å². The summed E-state index contributed by atoms with van der Waals surface area (Å²) in [4.78, 5) is 9.37. The van der Waals surface area contributed by atoms with E-state index in [0.717, 1.165) is 0 Å². The molecule has 0 aliphatic carbocycles. The molecule has 0 radical (unpaired) electrons. The first-order valence-electron chi connectivity index (χ1n) is 2.19. The van der Waals surface area contributed by atoms with E-state index in [0.29, 0.717) is 0 Å². The Balaban J connectivity index is -0.000000107. The third-order valence-electron chi connectivity index (χ3n) is 0.302. The van der Waals surface area contributed by atoms with Crippen molar-refractivity contribution in [2.24, 2.45) is 0 Å². The molecule has 0 saturated carbocycles. The van der Waals surface area contributed by atoms with Crippen molar-refractivity contribution < 1.29 is 27.4 Å². The molecule has 0 rings (SSSR count). The molecular formula is C3H9NaO6S. The molecule has 0 aromatic heterocycles. The fraction of sp³-hybridized carbons (Fsp3) is 0.667. The minimum absolute atomic E-state index is 0. The Morgan fingerprint density at radius 3 is 1.45 bits per heavy atom. The van der Waals surface area contributed by atoms with Gasteiger partial charge in [0.05, 0.1) is 0 Å². The molecule has 3 N–H and O–H groups in total. The first-order chi connectivity index (χ1) is 4.27. The number of hydrogen-bond donors (Lipinski definition) is 3. The molecule has 0 fully saturated rings. The van der Waals surface area contributed by atoms with Gasteiger partial charge in [0.15, 0.2) is 0 Å². The van der Waals surface area contributed by atoms with Gasteiger partial charge in [-0.05, 0) is 0 Å². The molecule has 0 aromatic carbocycles. The number of rotatable bonds is 1. The molecule has 0 spiro atoms. The van der Waals surface area contributed by atoms with Gasteiger partial charge in [0.25, 0.3) is 0 Å². The molecule has 64 valence electrons. The summed E-state index contributed by atoms with van der Waals surface area (Å²) in [6, 6.07) is 0. The van der Waals surface area contributed by atoms with Crippen LogP contribution in [0.1, 0.15) is 13.3 Å². The van der Waals surface area contributed by atoms with Crippen molar-refractivity contribution in [1.29, 1.82) is 0 Å². The standard InChI is InChI=1S/C3H6O2.Na.H2O4S.H/c1-2-3(4)5;;1-5(2,3)4;/h2H2,1H3,(H,4,5);;(H2,1,2,3,4);. The van der Waals surface area contributed by atoms with Crippen molar-refractivity contribution >= 4 is 45.9 Å². The summed E-state index contributed by atoms with van der Waals surface area (Å²) in [5, 5.41) is 7.72. The van der Waals surface area contributed by atoms with Gasteiger partial charge in [-0.25, -0.2) is 0 Å². The van der Waals surface area contributed by atoms with Crippen LogP contribution in [0.5, 0.6) is 0 Å². The second-order valence-electron chi connectivity index (χ2n) is 1.20. The van der Waals surface area contributed by atoms with E-state index in [1.807, 2.05) is 0 Å². The summed E-state index contributed by atoms with van der Waals surface area (Å²) in [7, 11) is -4.67. The van der Waals surface area contributed by atoms with E-state index in [9.17, 15) is 4.79 Å². The van der Waals surface area contributed by atoms with Crippen molar-refractivity contribution in [3.8, 4) is 0 Å². The van der Waals surface area contributed by atoms with Crippen molar-refractivity contribution in [3.63, 3.8) is 0 Å². The Kier molecular flexibility index (Phi) is 13.4. The van der Waals surface area contributed by atoms with Gasteiger partial charge >= 0.3 is 45.9 Å². The molecule has 0 aromatic rings. The maximum absolute atomic E-state index is 9.37. The molecule has 0 heterocycles. The predicted octanol–water partition coefficient (Wildman–Crippen LogP) is -0.820. The van der Waals surface area contributed by atoms with E-state index in [1.54, 1.807) is 6.92 Å². The zero-order valence-corrected chi connectivity index (χ0v) is 6.00. The van der Waals surface area contributed by atoms with Gasteiger partial charge in [-0.3, -0.25) is 13.9 Å². The van der Waals surface area contributed by atoms with Gasteiger partial charge in [-0.1, -0.05) is 6.92 Å². The number of carbonyl (C=O) groups is 1. The van der Waals surface area contributed by atoms with E-state index >= 15 is 0 Å². The van der Waals surface area contributed by atoms with Crippen LogP contribution in [0.4, 0.5) is 0 Å². The summed E-state index contributed by atoms with van der Waals surface area (Å²) in [6.07, 6.45) is 0.222. The molecule has 8 heteroatoms. The fourth-order valence-corrected chi connectivity index (χ4v) is 0. The zero-order chi connectivity index (χ0) is 8.78. The Morgan fingerprint density at radius 1 is 1.36 bits per heavy atom. The fourth-order valence-electron chi connectivity index (χ4n) is 0. The Hall–Kier alpha value is 0.340. The molecule has 0 bridgehead atoms. The molecule has 0 atom stereocenters. The van der Waals surface area contributed by atoms with Gasteiger partial charge in [0, 0.05) is 6.42 Å². The third kappa shape index (κ3) is 131. The van der Waals surface area contributed by atoms with Crippen molar-refractivity contribution in [2.45, 2.75) is 13.3 Å². The van der Waals surface area contributed by atoms with Crippen LogP contribution in [-0.4, -0.2) is 58.2 Å². The summed E-state index contributed by atoms with van der Waals surface area (Å²) >= 11 is 0. The second-order valence-corrected chi connectivity index (χ2v) is 2.09. The first-order valence-corrected chi connectivity index (χ1v) is 3.58. The van der Waals surface area contributed by atoms with Crippen LogP contribution >= 0.6 is 0 Å². The summed E-state index contributed by atoms with van der Waals surface area (Å²) in [6.45, 7) is 1.60. The topological polar surface area (TPSA) is 112 Å². The number of hydrogen-bond acceptors (Lipinski definition) is 3. The number of carboxylic acid groups (broad SMARTS) is 1. The maximum atomic E-state index is 9.37. The summed E-state index contributed by atoms with van der Waals surface area (Å²) in [5.41, 5.74) is 0. The summed E-state index contributed by atoms with van der Waals surface area (Å²) in [5.74, 6) is -0.745. The normalized spacial score (nSPS) is 8.64. The average Bonchev–Trinajstić information content (AvgIpc) is 1.61. The molecule has 0 saturated heterocycles. The number of aliphatic carboxylic acids is 1. The van der Waals surface area contributed by atoms with E-state index in [1.165, 1.54) is 0 Å². The summed E-state index contributed by atoms with van der Waals surface area (Å²) < 4.78 is 31.6. The third-order valence-corrected chi connectivity index (χ3v) is 0.302. The van der Waals surface area contributed by atoms with E-state index < -0.39 is 16.4 Å². The molecule has 0 aliphatic rings. The van der Waals surface area contributed by atoms with Gasteiger partial charge < -0.3 is 5.11 Å². The molecule has 0 unspecified atom stereocenters. The second kappa shape index (κ2) is 8.44. The van der Waals surface area contributed by atoms with Crippen molar-refractivity contribution in [2.75, 3.05) is 0 Å².